The predicted octanol–water partition coefficient (Wildman–Crippen LogP) is 3.68. The lowest BCUT2D eigenvalue weighted by Crippen LogP contribution is -2.40. The number of anilines is 1. The molecule has 1 heterocycles. The third-order valence-corrected chi connectivity index (χ3v) is 5.13. The zero-order chi connectivity index (χ0) is 19.8. The van der Waals surface area contributed by atoms with Crippen molar-refractivity contribution in [2.75, 3.05) is 25.0 Å². The zero-order valence-electron chi connectivity index (χ0n) is 16.5. The van der Waals surface area contributed by atoms with Crippen LogP contribution < -0.4 is 10.6 Å². The molecule has 28 heavy (non-hydrogen) atoms. The van der Waals surface area contributed by atoms with Gasteiger partial charge < -0.3 is 10.6 Å². The first kappa shape index (κ1) is 20.1. The Kier molecular flexibility index (Phi) is 7.20. The van der Waals surface area contributed by atoms with Gasteiger partial charge in [0.05, 0.1) is 0 Å². The van der Waals surface area contributed by atoms with E-state index >= 15 is 0 Å². The van der Waals surface area contributed by atoms with Crippen molar-refractivity contribution in [3.8, 4) is 0 Å². The molecule has 2 N–H and O–H groups in total. The molecule has 148 valence electrons. The van der Waals surface area contributed by atoms with Crippen LogP contribution in [-0.4, -0.2) is 36.3 Å². The summed E-state index contributed by atoms with van der Waals surface area (Å²) in [7, 11) is 0. The number of likely N-dealkylation sites (tertiary alicyclic amines) is 1. The number of nitrogens with zero attached hydrogens (tertiary/aromatic N) is 1. The van der Waals surface area contributed by atoms with E-state index in [4.69, 9.17) is 0 Å². The summed E-state index contributed by atoms with van der Waals surface area (Å²) >= 11 is 0. The predicted molar refractivity (Wildman–Crippen MR) is 112 cm³/mol. The van der Waals surface area contributed by atoms with Gasteiger partial charge in [-0.3, -0.25) is 14.5 Å². The molecule has 5 heteroatoms. The molecule has 1 fully saturated rings. The summed E-state index contributed by atoms with van der Waals surface area (Å²) in [5, 5.41) is 5.86. The minimum atomic E-state index is -0.0900. The molecule has 0 radical (unpaired) electrons. The summed E-state index contributed by atoms with van der Waals surface area (Å²) in [5.41, 5.74) is 2.56. The molecule has 0 saturated carbocycles. The standard InChI is InChI=1S/C23H29N3O2/c1-2-22(27)25-21-12-6-11-20(14-21)23(28)24-15-19-10-7-13-26(17-19)16-18-8-4-3-5-9-18/h3-6,8-9,11-12,14,19H,2,7,10,13,15-17H2,1H3,(H,24,28)(H,25,27). The molecule has 0 spiro atoms. The van der Waals surface area contributed by atoms with Crippen LogP contribution in [0.1, 0.15) is 42.1 Å². The van der Waals surface area contributed by atoms with E-state index in [1.54, 1.807) is 31.2 Å². The van der Waals surface area contributed by atoms with E-state index in [9.17, 15) is 9.59 Å². The van der Waals surface area contributed by atoms with Crippen molar-refractivity contribution < 1.29 is 9.59 Å². The number of hydrogen-bond donors (Lipinski definition) is 2. The highest BCUT2D eigenvalue weighted by Gasteiger charge is 2.20. The number of carbonyl (C=O) groups excluding carboxylic acids is 2. The molecule has 0 aromatic heterocycles. The first-order valence-electron chi connectivity index (χ1n) is 10.1. The van der Waals surface area contributed by atoms with Crippen LogP contribution in [0.25, 0.3) is 0 Å². The molecule has 1 saturated heterocycles. The fourth-order valence-corrected chi connectivity index (χ4v) is 3.63. The van der Waals surface area contributed by atoms with Crippen molar-refractivity contribution in [2.24, 2.45) is 5.92 Å². The van der Waals surface area contributed by atoms with E-state index in [0.29, 0.717) is 30.1 Å². The topological polar surface area (TPSA) is 61.4 Å². The lowest BCUT2D eigenvalue weighted by molar-refractivity contribution is -0.115. The number of rotatable bonds is 7. The summed E-state index contributed by atoms with van der Waals surface area (Å²) in [6.07, 6.45) is 2.71. The highest BCUT2D eigenvalue weighted by atomic mass is 16.2. The van der Waals surface area contributed by atoms with Crippen molar-refractivity contribution in [1.29, 1.82) is 0 Å². The largest absolute Gasteiger partial charge is 0.352 e. The van der Waals surface area contributed by atoms with E-state index < -0.39 is 0 Å². The third-order valence-electron chi connectivity index (χ3n) is 5.13. The average molecular weight is 380 g/mol. The lowest BCUT2D eigenvalue weighted by atomic mass is 9.97. The van der Waals surface area contributed by atoms with Crippen LogP contribution in [0.3, 0.4) is 0 Å². The molecule has 2 aromatic rings. The quantitative estimate of drug-likeness (QED) is 0.771. The van der Waals surface area contributed by atoms with Gasteiger partial charge in [0.2, 0.25) is 5.91 Å². The molecular formula is C23H29N3O2. The zero-order valence-corrected chi connectivity index (χ0v) is 16.5. The molecule has 1 aliphatic rings. The molecular weight excluding hydrogens is 350 g/mol. The van der Waals surface area contributed by atoms with Gasteiger partial charge in [-0.2, -0.15) is 0 Å². The summed E-state index contributed by atoms with van der Waals surface area (Å²) in [6.45, 7) is 5.55. The van der Waals surface area contributed by atoms with Crippen molar-refractivity contribution >= 4 is 17.5 Å². The molecule has 0 aliphatic carbocycles. The van der Waals surface area contributed by atoms with E-state index in [0.717, 1.165) is 32.5 Å². The highest BCUT2D eigenvalue weighted by Crippen LogP contribution is 2.18. The van der Waals surface area contributed by atoms with Crippen LogP contribution in [0.5, 0.6) is 0 Å². The van der Waals surface area contributed by atoms with Gasteiger partial charge in [0.15, 0.2) is 0 Å². The Bertz CT molecular complexity index is 791. The average Bonchev–Trinajstić information content (AvgIpc) is 2.73. The summed E-state index contributed by atoms with van der Waals surface area (Å²) in [6, 6.07) is 17.6. The first-order valence-corrected chi connectivity index (χ1v) is 10.1. The monoisotopic (exact) mass is 379 g/mol. The van der Waals surface area contributed by atoms with Gasteiger partial charge in [0.1, 0.15) is 0 Å². The van der Waals surface area contributed by atoms with Crippen molar-refractivity contribution in [3.63, 3.8) is 0 Å². The van der Waals surface area contributed by atoms with Gasteiger partial charge in [0.25, 0.3) is 5.91 Å². The number of benzene rings is 2. The summed E-state index contributed by atoms with van der Waals surface area (Å²) in [4.78, 5) is 26.5. The number of amides is 2. The van der Waals surface area contributed by atoms with Crippen molar-refractivity contribution in [1.82, 2.24) is 10.2 Å². The second kappa shape index (κ2) is 10.0. The Morgan fingerprint density at radius 1 is 1.11 bits per heavy atom. The lowest BCUT2D eigenvalue weighted by Gasteiger charge is -2.32. The summed E-state index contributed by atoms with van der Waals surface area (Å²) < 4.78 is 0. The van der Waals surface area contributed by atoms with E-state index in [1.165, 1.54) is 5.56 Å². The Morgan fingerprint density at radius 3 is 2.71 bits per heavy atom. The van der Waals surface area contributed by atoms with Gasteiger partial charge in [-0.15, -0.1) is 0 Å². The maximum atomic E-state index is 12.5. The number of hydrogen-bond acceptors (Lipinski definition) is 3. The molecule has 3 rings (SSSR count). The fraction of sp³-hybridized carbons (Fsp3) is 0.391. The highest BCUT2D eigenvalue weighted by molar-refractivity contribution is 5.97. The van der Waals surface area contributed by atoms with Gasteiger partial charge in [-0.1, -0.05) is 43.3 Å². The normalized spacial score (nSPS) is 17.1. The van der Waals surface area contributed by atoms with Crippen LogP contribution in [0, 0.1) is 5.92 Å². The van der Waals surface area contributed by atoms with Gasteiger partial charge in [-0.25, -0.2) is 0 Å². The minimum Gasteiger partial charge on any atom is -0.352 e. The van der Waals surface area contributed by atoms with Gasteiger partial charge in [0, 0.05) is 37.3 Å². The Hall–Kier alpha value is -2.66. The molecule has 5 nitrogen and oxygen atoms in total. The van der Waals surface area contributed by atoms with Crippen LogP contribution in [0.2, 0.25) is 0 Å². The van der Waals surface area contributed by atoms with Gasteiger partial charge >= 0.3 is 0 Å². The second-order valence-corrected chi connectivity index (χ2v) is 7.42. The minimum absolute atomic E-state index is 0.0572. The van der Waals surface area contributed by atoms with E-state index in [-0.39, 0.29) is 11.8 Å². The Labute approximate surface area is 167 Å². The number of nitrogens with one attached hydrogen (secondary N) is 2. The molecule has 2 amide bonds. The Balaban J connectivity index is 1.50. The molecule has 2 aromatic carbocycles. The van der Waals surface area contributed by atoms with Crippen molar-refractivity contribution in [2.45, 2.75) is 32.7 Å². The maximum absolute atomic E-state index is 12.5. The van der Waals surface area contributed by atoms with Gasteiger partial charge in [-0.05, 0) is 49.1 Å². The second-order valence-electron chi connectivity index (χ2n) is 7.42. The maximum Gasteiger partial charge on any atom is 0.251 e. The molecule has 1 atom stereocenters. The van der Waals surface area contributed by atoms with Crippen LogP contribution in [0.15, 0.2) is 54.6 Å². The van der Waals surface area contributed by atoms with E-state index in [1.807, 2.05) is 6.07 Å². The summed E-state index contributed by atoms with van der Waals surface area (Å²) in [5.74, 6) is 0.315. The van der Waals surface area contributed by atoms with Crippen LogP contribution in [-0.2, 0) is 11.3 Å². The van der Waals surface area contributed by atoms with Crippen LogP contribution >= 0.6 is 0 Å². The number of carbonyl (C=O) groups is 2. The van der Waals surface area contributed by atoms with Crippen LogP contribution in [0.4, 0.5) is 5.69 Å². The number of piperidine rings is 1. The Morgan fingerprint density at radius 2 is 1.93 bits per heavy atom. The molecule has 1 aliphatic heterocycles. The third kappa shape index (κ3) is 5.92. The molecule has 1 unspecified atom stereocenters. The van der Waals surface area contributed by atoms with Crippen molar-refractivity contribution in [3.05, 3.63) is 65.7 Å². The first-order chi connectivity index (χ1) is 13.6. The smallest absolute Gasteiger partial charge is 0.251 e. The molecule has 0 bridgehead atoms. The SMILES string of the molecule is CCC(=O)Nc1cccc(C(=O)NCC2CCCN(Cc3ccccc3)C2)c1. The van der Waals surface area contributed by atoms with E-state index in [2.05, 4.69) is 39.8 Å². The fourth-order valence-electron chi connectivity index (χ4n) is 3.63.